The van der Waals surface area contributed by atoms with E-state index < -0.39 is 5.50 Å². The standard InChI is InChI=1S/C11H14ClNO2/c1-8-5-4-6-11(7-8)13(9(2)12)15-10(3)14/h4-7,9H,1-3H3. The minimum absolute atomic E-state index is 0.385. The monoisotopic (exact) mass is 227 g/mol. The molecule has 1 aromatic rings. The van der Waals surface area contributed by atoms with E-state index in [4.69, 9.17) is 16.4 Å². The van der Waals surface area contributed by atoms with Crippen molar-refractivity contribution in [2.45, 2.75) is 26.3 Å². The molecule has 0 saturated heterocycles. The van der Waals surface area contributed by atoms with Gasteiger partial charge in [-0.15, -0.1) is 0 Å². The lowest BCUT2D eigenvalue weighted by Gasteiger charge is -2.24. The van der Waals surface area contributed by atoms with Crippen molar-refractivity contribution in [1.29, 1.82) is 0 Å². The fraction of sp³-hybridized carbons (Fsp3) is 0.364. The summed E-state index contributed by atoms with van der Waals surface area (Å²) in [7, 11) is 0. The fourth-order valence-electron chi connectivity index (χ4n) is 1.23. The van der Waals surface area contributed by atoms with Crippen LogP contribution in [0.2, 0.25) is 0 Å². The van der Waals surface area contributed by atoms with Crippen molar-refractivity contribution < 1.29 is 9.63 Å². The van der Waals surface area contributed by atoms with Crippen molar-refractivity contribution in [2.75, 3.05) is 5.06 Å². The van der Waals surface area contributed by atoms with Crippen LogP contribution in [0.15, 0.2) is 24.3 Å². The van der Waals surface area contributed by atoms with Gasteiger partial charge in [0, 0.05) is 6.92 Å². The van der Waals surface area contributed by atoms with Gasteiger partial charge in [-0.25, -0.2) is 0 Å². The minimum atomic E-state index is -0.407. The Morgan fingerprint density at radius 3 is 2.67 bits per heavy atom. The molecule has 4 heteroatoms. The van der Waals surface area contributed by atoms with Crippen LogP contribution in [0.25, 0.3) is 0 Å². The Kier molecular flexibility index (Phi) is 3.97. The number of benzene rings is 1. The first-order chi connectivity index (χ1) is 7.00. The number of hydroxylamine groups is 1. The molecule has 0 aliphatic carbocycles. The minimum Gasteiger partial charge on any atom is -0.340 e. The molecular weight excluding hydrogens is 214 g/mol. The number of nitrogens with zero attached hydrogens (tertiary/aromatic N) is 1. The highest BCUT2D eigenvalue weighted by Gasteiger charge is 2.15. The van der Waals surface area contributed by atoms with Gasteiger partial charge in [0.15, 0.2) is 0 Å². The van der Waals surface area contributed by atoms with E-state index in [0.717, 1.165) is 11.3 Å². The maximum atomic E-state index is 10.9. The van der Waals surface area contributed by atoms with Crippen LogP contribution in [0, 0.1) is 6.92 Å². The van der Waals surface area contributed by atoms with Crippen LogP contribution in [0.1, 0.15) is 19.4 Å². The van der Waals surface area contributed by atoms with Gasteiger partial charge in [0.25, 0.3) is 0 Å². The van der Waals surface area contributed by atoms with Gasteiger partial charge in [0.05, 0.1) is 5.69 Å². The summed E-state index contributed by atoms with van der Waals surface area (Å²) in [5.74, 6) is -0.385. The second kappa shape index (κ2) is 5.03. The molecule has 15 heavy (non-hydrogen) atoms. The SMILES string of the molecule is CC(=O)ON(c1cccc(C)c1)C(C)Cl. The van der Waals surface area contributed by atoms with E-state index in [1.807, 2.05) is 31.2 Å². The first-order valence-electron chi connectivity index (χ1n) is 4.69. The first kappa shape index (κ1) is 11.9. The first-order valence-corrected chi connectivity index (χ1v) is 5.13. The summed E-state index contributed by atoms with van der Waals surface area (Å²) in [5, 5.41) is 1.39. The largest absolute Gasteiger partial charge is 0.340 e. The molecule has 0 aliphatic rings. The van der Waals surface area contributed by atoms with E-state index >= 15 is 0 Å². The fourth-order valence-corrected chi connectivity index (χ4v) is 1.39. The number of alkyl halides is 1. The predicted molar refractivity (Wildman–Crippen MR) is 60.7 cm³/mol. The number of aryl methyl sites for hydroxylation is 1. The van der Waals surface area contributed by atoms with Crippen molar-refractivity contribution in [3.8, 4) is 0 Å². The Morgan fingerprint density at radius 2 is 2.20 bits per heavy atom. The van der Waals surface area contributed by atoms with Crippen LogP contribution in [0.4, 0.5) is 5.69 Å². The third-order valence-electron chi connectivity index (χ3n) is 1.81. The molecule has 0 N–H and O–H groups in total. The molecule has 0 aromatic heterocycles. The van der Waals surface area contributed by atoms with Gasteiger partial charge in [-0.3, -0.25) is 4.79 Å². The number of carbonyl (C=O) groups is 1. The van der Waals surface area contributed by atoms with Gasteiger partial charge >= 0.3 is 5.97 Å². The number of halogens is 1. The summed E-state index contributed by atoms with van der Waals surface area (Å²) in [6.45, 7) is 5.06. The van der Waals surface area contributed by atoms with Gasteiger partial charge in [-0.05, 0) is 31.5 Å². The molecule has 0 aliphatic heterocycles. The zero-order valence-corrected chi connectivity index (χ0v) is 9.78. The third kappa shape index (κ3) is 3.44. The lowest BCUT2D eigenvalue weighted by Crippen LogP contribution is -2.31. The Hall–Kier alpha value is -1.22. The highest BCUT2D eigenvalue weighted by molar-refractivity contribution is 6.21. The van der Waals surface area contributed by atoms with Crippen molar-refractivity contribution in [2.24, 2.45) is 0 Å². The van der Waals surface area contributed by atoms with E-state index in [2.05, 4.69) is 0 Å². The molecule has 0 saturated carbocycles. The molecule has 0 bridgehead atoms. The smallest absolute Gasteiger partial charge is 0.329 e. The van der Waals surface area contributed by atoms with E-state index in [9.17, 15) is 4.79 Å². The topological polar surface area (TPSA) is 29.5 Å². The average Bonchev–Trinajstić information content (AvgIpc) is 2.13. The van der Waals surface area contributed by atoms with E-state index in [1.165, 1.54) is 12.0 Å². The van der Waals surface area contributed by atoms with Gasteiger partial charge in [0.1, 0.15) is 5.50 Å². The molecular formula is C11H14ClNO2. The summed E-state index contributed by atoms with van der Waals surface area (Å²) in [4.78, 5) is 15.9. The Balaban J connectivity index is 2.93. The summed E-state index contributed by atoms with van der Waals surface area (Å²) in [5.41, 5.74) is 1.45. The number of anilines is 1. The molecule has 1 aromatic carbocycles. The van der Waals surface area contributed by atoms with E-state index in [1.54, 1.807) is 6.92 Å². The molecule has 0 spiro atoms. The molecule has 1 unspecified atom stereocenters. The predicted octanol–water partition coefficient (Wildman–Crippen LogP) is 2.86. The number of hydrogen-bond acceptors (Lipinski definition) is 3. The Labute approximate surface area is 94.5 Å². The molecule has 3 nitrogen and oxygen atoms in total. The average molecular weight is 228 g/mol. The number of hydrogen-bond donors (Lipinski definition) is 0. The molecule has 0 heterocycles. The van der Waals surface area contributed by atoms with Crippen LogP contribution in [-0.4, -0.2) is 11.5 Å². The second-order valence-electron chi connectivity index (χ2n) is 3.32. The summed E-state index contributed by atoms with van der Waals surface area (Å²) < 4.78 is 0. The summed E-state index contributed by atoms with van der Waals surface area (Å²) >= 11 is 5.92. The lowest BCUT2D eigenvalue weighted by atomic mass is 10.2. The zero-order chi connectivity index (χ0) is 11.4. The molecule has 1 rings (SSSR count). The highest BCUT2D eigenvalue weighted by Crippen LogP contribution is 2.20. The number of rotatable bonds is 3. The maximum absolute atomic E-state index is 10.9. The Bertz CT molecular complexity index is 352. The van der Waals surface area contributed by atoms with Crippen molar-refractivity contribution >= 4 is 23.3 Å². The van der Waals surface area contributed by atoms with Crippen molar-refractivity contribution in [1.82, 2.24) is 0 Å². The van der Waals surface area contributed by atoms with Crippen LogP contribution in [-0.2, 0) is 9.63 Å². The molecule has 82 valence electrons. The van der Waals surface area contributed by atoms with Gasteiger partial charge in [-0.2, -0.15) is 5.06 Å². The molecule has 0 amide bonds. The number of carbonyl (C=O) groups excluding carboxylic acids is 1. The molecule has 0 fully saturated rings. The lowest BCUT2D eigenvalue weighted by molar-refractivity contribution is -0.142. The van der Waals surface area contributed by atoms with Gasteiger partial charge in [-0.1, -0.05) is 23.7 Å². The quantitative estimate of drug-likeness (QED) is 0.452. The highest BCUT2D eigenvalue weighted by atomic mass is 35.5. The van der Waals surface area contributed by atoms with Gasteiger partial charge in [0.2, 0.25) is 0 Å². The normalized spacial score (nSPS) is 12.0. The van der Waals surface area contributed by atoms with Crippen molar-refractivity contribution in [3.05, 3.63) is 29.8 Å². The van der Waals surface area contributed by atoms with Crippen LogP contribution < -0.4 is 5.06 Å². The zero-order valence-electron chi connectivity index (χ0n) is 9.03. The molecule has 1 atom stereocenters. The van der Waals surface area contributed by atoms with Crippen LogP contribution >= 0.6 is 11.6 Å². The summed E-state index contributed by atoms with van der Waals surface area (Å²) in [6, 6.07) is 7.60. The second-order valence-corrected chi connectivity index (χ2v) is 3.95. The van der Waals surface area contributed by atoms with Gasteiger partial charge < -0.3 is 4.84 Å². The maximum Gasteiger partial charge on any atom is 0.329 e. The summed E-state index contributed by atoms with van der Waals surface area (Å²) in [6.07, 6.45) is 0. The van der Waals surface area contributed by atoms with E-state index in [0.29, 0.717) is 0 Å². The molecule has 0 radical (unpaired) electrons. The van der Waals surface area contributed by atoms with Crippen LogP contribution in [0.3, 0.4) is 0 Å². The third-order valence-corrected chi connectivity index (χ3v) is 1.98. The van der Waals surface area contributed by atoms with E-state index in [-0.39, 0.29) is 5.97 Å². The van der Waals surface area contributed by atoms with Crippen molar-refractivity contribution in [3.63, 3.8) is 0 Å². The van der Waals surface area contributed by atoms with Crippen LogP contribution in [0.5, 0.6) is 0 Å². The Morgan fingerprint density at radius 1 is 1.53 bits per heavy atom.